The van der Waals surface area contributed by atoms with Crippen molar-refractivity contribution in [3.8, 4) is 0 Å². The van der Waals surface area contributed by atoms with Crippen LogP contribution in [0.1, 0.15) is 4.88 Å². The summed E-state index contributed by atoms with van der Waals surface area (Å²) >= 11 is 4.92. The Morgan fingerprint density at radius 3 is 3.00 bits per heavy atom. The summed E-state index contributed by atoms with van der Waals surface area (Å²) in [5.74, 6) is 4.98. The molecule has 4 nitrogen and oxygen atoms in total. The molecule has 0 aliphatic rings. The van der Waals surface area contributed by atoms with E-state index in [-0.39, 0.29) is 12.5 Å². The van der Waals surface area contributed by atoms with Crippen LogP contribution in [0.15, 0.2) is 15.9 Å². The van der Waals surface area contributed by atoms with Crippen LogP contribution >= 0.6 is 27.3 Å². The third kappa shape index (κ3) is 3.75. The third-order valence-electron chi connectivity index (χ3n) is 1.49. The highest BCUT2D eigenvalue weighted by molar-refractivity contribution is 9.10. The Morgan fingerprint density at radius 2 is 2.50 bits per heavy atom. The van der Waals surface area contributed by atoms with Gasteiger partial charge in [-0.2, -0.15) is 0 Å². The van der Waals surface area contributed by atoms with E-state index in [1.165, 1.54) is 7.05 Å². The van der Waals surface area contributed by atoms with Crippen molar-refractivity contribution in [3.05, 3.63) is 20.8 Å². The zero-order valence-electron chi connectivity index (χ0n) is 7.70. The Hall–Kier alpha value is -0.430. The van der Waals surface area contributed by atoms with E-state index in [1.807, 2.05) is 11.4 Å². The second kappa shape index (κ2) is 5.45. The van der Waals surface area contributed by atoms with Crippen LogP contribution in [0, 0.1) is 0 Å². The van der Waals surface area contributed by atoms with Gasteiger partial charge in [0.2, 0.25) is 0 Å². The number of hydrogen-bond donors (Lipinski definition) is 1. The number of nitrogens with zero attached hydrogens (tertiary/aromatic N) is 1. The van der Waals surface area contributed by atoms with Crippen molar-refractivity contribution in [2.45, 2.75) is 6.61 Å². The predicted molar refractivity (Wildman–Crippen MR) is 58.6 cm³/mol. The van der Waals surface area contributed by atoms with Crippen molar-refractivity contribution in [2.75, 3.05) is 13.7 Å². The zero-order chi connectivity index (χ0) is 10.6. The van der Waals surface area contributed by atoms with Crippen LogP contribution in [0.5, 0.6) is 0 Å². The number of halogens is 1. The van der Waals surface area contributed by atoms with Gasteiger partial charge in [-0.15, -0.1) is 11.3 Å². The lowest BCUT2D eigenvalue weighted by Crippen LogP contribution is -2.35. The molecule has 0 atom stereocenters. The van der Waals surface area contributed by atoms with Gasteiger partial charge in [0.05, 0.1) is 6.61 Å². The minimum absolute atomic E-state index is 0.0164. The van der Waals surface area contributed by atoms with E-state index in [0.29, 0.717) is 6.61 Å². The van der Waals surface area contributed by atoms with Gasteiger partial charge in [-0.1, -0.05) is 0 Å². The number of nitrogens with two attached hydrogens (primary N) is 1. The molecule has 0 saturated heterocycles. The lowest BCUT2D eigenvalue weighted by atomic mass is 10.5. The molecule has 1 rings (SSSR count). The van der Waals surface area contributed by atoms with Crippen molar-refractivity contribution < 1.29 is 9.53 Å². The second-order valence-electron chi connectivity index (χ2n) is 2.73. The maximum absolute atomic E-state index is 11.0. The number of hydrazine groups is 1. The topological polar surface area (TPSA) is 55.6 Å². The van der Waals surface area contributed by atoms with E-state index >= 15 is 0 Å². The third-order valence-corrected chi connectivity index (χ3v) is 3.16. The molecule has 1 aromatic heterocycles. The fourth-order valence-corrected chi connectivity index (χ4v) is 2.16. The molecule has 1 heterocycles. The van der Waals surface area contributed by atoms with Crippen LogP contribution in [0.2, 0.25) is 0 Å². The first kappa shape index (κ1) is 11.6. The number of thiophene rings is 1. The molecule has 0 spiro atoms. The van der Waals surface area contributed by atoms with Crippen LogP contribution in [0.3, 0.4) is 0 Å². The Bertz CT molecular complexity index is 314. The highest BCUT2D eigenvalue weighted by Gasteiger charge is 2.04. The second-order valence-corrected chi connectivity index (χ2v) is 4.64. The van der Waals surface area contributed by atoms with Crippen molar-refractivity contribution in [1.29, 1.82) is 0 Å². The minimum atomic E-state index is -0.236. The van der Waals surface area contributed by atoms with Crippen LogP contribution in [0.4, 0.5) is 0 Å². The number of rotatable bonds is 4. The Kier molecular flexibility index (Phi) is 4.53. The van der Waals surface area contributed by atoms with Gasteiger partial charge in [-0.25, -0.2) is 5.84 Å². The normalized spacial score (nSPS) is 10.2. The minimum Gasteiger partial charge on any atom is -0.366 e. The molecule has 78 valence electrons. The molecule has 0 radical (unpaired) electrons. The molecular formula is C8H11BrN2O2S. The molecule has 0 aliphatic heterocycles. The van der Waals surface area contributed by atoms with E-state index in [4.69, 9.17) is 10.6 Å². The number of carbonyl (C=O) groups is 1. The fraction of sp³-hybridized carbons (Fsp3) is 0.375. The maximum atomic E-state index is 11.0. The molecule has 1 amide bonds. The maximum Gasteiger partial charge on any atom is 0.262 e. The summed E-state index contributed by atoms with van der Waals surface area (Å²) in [6, 6.07) is 1.96. The number of amides is 1. The molecule has 0 saturated carbocycles. The van der Waals surface area contributed by atoms with Crippen molar-refractivity contribution in [3.63, 3.8) is 0 Å². The lowest BCUT2D eigenvalue weighted by Gasteiger charge is -2.09. The van der Waals surface area contributed by atoms with Gasteiger partial charge in [0.1, 0.15) is 6.61 Å². The molecule has 0 unspecified atom stereocenters. The van der Waals surface area contributed by atoms with Gasteiger partial charge in [0.15, 0.2) is 0 Å². The average Bonchev–Trinajstić information content (AvgIpc) is 2.51. The monoisotopic (exact) mass is 278 g/mol. The van der Waals surface area contributed by atoms with E-state index in [0.717, 1.165) is 14.4 Å². The smallest absolute Gasteiger partial charge is 0.262 e. The Morgan fingerprint density at radius 1 is 1.79 bits per heavy atom. The lowest BCUT2D eigenvalue weighted by molar-refractivity contribution is -0.135. The van der Waals surface area contributed by atoms with E-state index in [2.05, 4.69) is 15.9 Å². The van der Waals surface area contributed by atoms with Crippen molar-refractivity contribution in [2.24, 2.45) is 5.84 Å². The molecule has 0 aliphatic carbocycles. The summed E-state index contributed by atoms with van der Waals surface area (Å²) in [6.45, 7) is 0.457. The zero-order valence-corrected chi connectivity index (χ0v) is 10.1. The van der Waals surface area contributed by atoms with Crippen LogP contribution < -0.4 is 5.84 Å². The first-order chi connectivity index (χ1) is 6.59. The Balaban J connectivity index is 2.25. The average molecular weight is 279 g/mol. The summed E-state index contributed by atoms with van der Waals surface area (Å²) in [4.78, 5) is 12.1. The van der Waals surface area contributed by atoms with Gasteiger partial charge in [-0.3, -0.25) is 9.80 Å². The summed E-state index contributed by atoms with van der Waals surface area (Å²) < 4.78 is 6.21. The van der Waals surface area contributed by atoms with Crippen LogP contribution in [-0.4, -0.2) is 24.6 Å². The van der Waals surface area contributed by atoms with Crippen LogP contribution in [0.25, 0.3) is 0 Å². The van der Waals surface area contributed by atoms with Crippen LogP contribution in [-0.2, 0) is 16.1 Å². The van der Waals surface area contributed by atoms with Gasteiger partial charge >= 0.3 is 0 Å². The van der Waals surface area contributed by atoms with Crippen molar-refractivity contribution >= 4 is 33.2 Å². The number of likely N-dealkylation sites (N-methyl/N-ethyl adjacent to an activating group) is 1. The largest absolute Gasteiger partial charge is 0.366 e. The Labute approximate surface area is 94.7 Å². The molecule has 2 N–H and O–H groups in total. The number of carbonyl (C=O) groups excluding carboxylic acids is 1. The molecule has 0 fully saturated rings. The summed E-state index contributed by atoms with van der Waals surface area (Å²) in [6.07, 6.45) is 0. The van der Waals surface area contributed by atoms with E-state index < -0.39 is 0 Å². The van der Waals surface area contributed by atoms with Crippen molar-refractivity contribution in [1.82, 2.24) is 5.01 Å². The molecule has 0 aromatic carbocycles. The predicted octanol–water partition coefficient (Wildman–Crippen LogP) is 1.36. The fourth-order valence-electron chi connectivity index (χ4n) is 0.770. The van der Waals surface area contributed by atoms with E-state index in [9.17, 15) is 4.79 Å². The molecule has 6 heteroatoms. The highest BCUT2D eigenvalue weighted by Crippen LogP contribution is 2.20. The summed E-state index contributed by atoms with van der Waals surface area (Å²) in [5.41, 5.74) is 0. The highest BCUT2D eigenvalue weighted by atomic mass is 79.9. The number of hydrogen-bond acceptors (Lipinski definition) is 4. The SMILES string of the molecule is CN(N)C(=O)COCc1cc(Br)cs1. The first-order valence-electron chi connectivity index (χ1n) is 3.91. The standard InChI is InChI=1S/C8H11BrN2O2S/c1-11(10)8(12)4-13-3-7-2-6(9)5-14-7/h2,5H,3-4,10H2,1H3. The molecule has 0 bridgehead atoms. The van der Waals surface area contributed by atoms with E-state index in [1.54, 1.807) is 11.3 Å². The van der Waals surface area contributed by atoms with Gasteiger partial charge < -0.3 is 4.74 Å². The number of ether oxygens (including phenoxy) is 1. The van der Waals surface area contributed by atoms with Gasteiger partial charge in [0, 0.05) is 21.8 Å². The summed E-state index contributed by atoms with van der Waals surface area (Å²) in [5, 5.41) is 2.99. The van der Waals surface area contributed by atoms with Gasteiger partial charge in [-0.05, 0) is 22.0 Å². The summed E-state index contributed by atoms with van der Waals surface area (Å²) in [7, 11) is 1.49. The molecular weight excluding hydrogens is 268 g/mol. The molecule has 14 heavy (non-hydrogen) atoms. The molecule has 1 aromatic rings. The first-order valence-corrected chi connectivity index (χ1v) is 5.59. The van der Waals surface area contributed by atoms with Gasteiger partial charge in [0.25, 0.3) is 5.91 Å². The quantitative estimate of drug-likeness (QED) is 0.514.